The van der Waals surface area contributed by atoms with Crippen LogP contribution in [0.25, 0.3) is 16.0 Å². The lowest BCUT2D eigenvalue weighted by Crippen LogP contribution is -2.03. The topological polar surface area (TPSA) is 116 Å². The monoisotopic (exact) mass is 420 g/mol. The smallest absolute Gasteiger partial charge is 0.300 e. The van der Waals surface area contributed by atoms with Gasteiger partial charge in [-0.2, -0.15) is 9.97 Å². The molecule has 10 nitrogen and oxygen atoms in total. The van der Waals surface area contributed by atoms with Gasteiger partial charge in [0.05, 0.1) is 36.5 Å². The van der Waals surface area contributed by atoms with Crippen LogP contribution in [0.15, 0.2) is 53.1 Å². The zero-order valence-corrected chi connectivity index (χ0v) is 16.8. The van der Waals surface area contributed by atoms with Gasteiger partial charge < -0.3 is 19.0 Å². The molecule has 4 aromatic heterocycles. The highest BCUT2D eigenvalue weighted by Crippen LogP contribution is 2.31. The molecule has 11 heteroatoms. The second-order valence-corrected chi connectivity index (χ2v) is 7.15. The number of oxazole rings is 1. The lowest BCUT2D eigenvalue weighted by molar-refractivity contribution is 0.413. The Kier molecular flexibility index (Phi) is 4.48. The van der Waals surface area contributed by atoms with Gasteiger partial charge in [0, 0.05) is 18.0 Å². The molecule has 0 spiro atoms. The molecule has 0 aliphatic carbocycles. The first-order chi connectivity index (χ1) is 14.7. The van der Waals surface area contributed by atoms with Crippen molar-refractivity contribution in [1.82, 2.24) is 29.5 Å². The molecule has 5 aromatic rings. The molecular formula is C19H16N8O2S. The van der Waals surface area contributed by atoms with Crippen LogP contribution in [-0.2, 0) is 0 Å². The van der Waals surface area contributed by atoms with Gasteiger partial charge in [0.25, 0.3) is 6.01 Å². The molecule has 0 atom stereocenters. The number of aromatic nitrogens is 6. The molecule has 0 aliphatic rings. The number of ether oxygens (including phenoxy) is 1. The van der Waals surface area contributed by atoms with Gasteiger partial charge in [-0.15, -0.1) is 11.3 Å². The van der Waals surface area contributed by atoms with Crippen molar-refractivity contribution < 1.29 is 9.15 Å². The van der Waals surface area contributed by atoms with Crippen molar-refractivity contribution in [3.05, 3.63) is 54.4 Å². The number of nitrogens with one attached hydrogen (secondary N) is 2. The molecule has 1 aromatic carbocycles. The molecule has 0 saturated carbocycles. The van der Waals surface area contributed by atoms with Crippen molar-refractivity contribution in [3.8, 4) is 11.4 Å². The van der Waals surface area contributed by atoms with E-state index in [1.165, 1.54) is 17.6 Å². The normalized spacial score (nSPS) is 11.0. The van der Waals surface area contributed by atoms with E-state index in [9.17, 15) is 0 Å². The Morgan fingerprint density at radius 2 is 2.07 bits per heavy atom. The maximum atomic E-state index is 5.57. The Bertz CT molecular complexity index is 1310. The fourth-order valence-electron chi connectivity index (χ4n) is 2.94. The van der Waals surface area contributed by atoms with Gasteiger partial charge in [-0.1, -0.05) is 0 Å². The van der Waals surface area contributed by atoms with Gasteiger partial charge in [-0.3, -0.25) is 5.32 Å². The fraction of sp³-hybridized carbons (Fsp3) is 0.105. The molecule has 0 saturated heterocycles. The summed E-state index contributed by atoms with van der Waals surface area (Å²) in [6, 6.07) is 6.08. The molecule has 150 valence electrons. The fourth-order valence-corrected chi connectivity index (χ4v) is 3.61. The van der Waals surface area contributed by atoms with Gasteiger partial charge >= 0.3 is 0 Å². The maximum absolute atomic E-state index is 5.57. The molecule has 0 bridgehead atoms. The highest BCUT2D eigenvalue weighted by Gasteiger charge is 2.13. The molecule has 5 rings (SSSR count). The molecule has 0 radical (unpaired) electrons. The Labute approximate surface area is 174 Å². The Morgan fingerprint density at radius 3 is 2.83 bits per heavy atom. The predicted molar refractivity (Wildman–Crippen MR) is 113 cm³/mol. The van der Waals surface area contributed by atoms with Crippen LogP contribution in [0, 0.1) is 6.92 Å². The number of aryl methyl sites for hydroxylation is 1. The van der Waals surface area contributed by atoms with Crippen molar-refractivity contribution in [2.75, 3.05) is 17.7 Å². The third-order valence-electron chi connectivity index (χ3n) is 4.28. The lowest BCUT2D eigenvalue weighted by atomic mass is 10.2. The van der Waals surface area contributed by atoms with Gasteiger partial charge in [0.1, 0.15) is 16.7 Å². The standard InChI is InChI=1S/C19H16N8O2S/c1-11-8-27(9-21-11)13-4-3-12(7-14(13)28-2)23-18-24-16-15(30-10-22-16)17(25-18)26-19-20-5-6-29-19/h3-10H,1-2H3,(H2,20,23,24,25,26). The van der Waals surface area contributed by atoms with E-state index in [2.05, 4.69) is 35.6 Å². The first kappa shape index (κ1) is 18.1. The molecule has 0 unspecified atom stereocenters. The maximum Gasteiger partial charge on any atom is 0.300 e. The van der Waals surface area contributed by atoms with E-state index in [0.29, 0.717) is 29.2 Å². The molecule has 2 N–H and O–H groups in total. The van der Waals surface area contributed by atoms with Gasteiger partial charge in [-0.05, 0) is 19.1 Å². The third-order valence-corrected chi connectivity index (χ3v) is 5.10. The molecule has 4 heterocycles. The van der Waals surface area contributed by atoms with Gasteiger partial charge in [0.15, 0.2) is 11.5 Å². The van der Waals surface area contributed by atoms with Crippen LogP contribution in [0.4, 0.5) is 23.5 Å². The summed E-state index contributed by atoms with van der Waals surface area (Å²) in [5, 5.41) is 6.27. The summed E-state index contributed by atoms with van der Waals surface area (Å²) in [7, 11) is 1.63. The average molecular weight is 420 g/mol. The summed E-state index contributed by atoms with van der Waals surface area (Å²) in [6.45, 7) is 1.94. The van der Waals surface area contributed by atoms with Crippen LogP contribution >= 0.6 is 11.3 Å². The van der Waals surface area contributed by atoms with Crippen molar-refractivity contribution in [1.29, 1.82) is 0 Å². The molecule has 0 fully saturated rings. The number of imidazole rings is 1. The third kappa shape index (κ3) is 3.42. The Balaban J connectivity index is 1.48. The second-order valence-electron chi connectivity index (χ2n) is 6.30. The predicted octanol–water partition coefficient (Wildman–Crippen LogP) is 4.06. The number of methoxy groups -OCH3 is 1. The summed E-state index contributed by atoms with van der Waals surface area (Å²) in [6.07, 6.45) is 6.73. The van der Waals surface area contributed by atoms with E-state index in [1.54, 1.807) is 25.1 Å². The quantitative estimate of drug-likeness (QED) is 0.419. The number of hydrogen-bond acceptors (Lipinski definition) is 10. The SMILES string of the molecule is COc1cc(Nc2nc(Nc3ncco3)c3scnc3n2)ccc1-n1cnc(C)c1. The highest BCUT2D eigenvalue weighted by molar-refractivity contribution is 7.17. The molecular weight excluding hydrogens is 404 g/mol. The largest absolute Gasteiger partial charge is 0.494 e. The molecule has 0 amide bonds. The van der Waals surface area contributed by atoms with Crippen LogP contribution in [0.5, 0.6) is 5.75 Å². The minimum atomic E-state index is 0.344. The van der Waals surface area contributed by atoms with Crippen LogP contribution in [0.3, 0.4) is 0 Å². The first-order valence-corrected chi connectivity index (χ1v) is 9.81. The van der Waals surface area contributed by atoms with E-state index < -0.39 is 0 Å². The van der Waals surface area contributed by atoms with E-state index in [-0.39, 0.29) is 0 Å². The van der Waals surface area contributed by atoms with Crippen LogP contribution < -0.4 is 15.4 Å². The van der Waals surface area contributed by atoms with E-state index >= 15 is 0 Å². The Morgan fingerprint density at radius 1 is 1.13 bits per heavy atom. The number of hydrogen-bond donors (Lipinski definition) is 2. The van der Waals surface area contributed by atoms with Crippen molar-refractivity contribution in [2.45, 2.75) is 6.92 Å². The van der Waals surface area contributed by atoms with E-state index in [4.69, 9.17) is 9.15 Å². The van der Waals surface area contributed by atoms with Crippen molar-refractivity contribution in [3.63, 3.8) is 0 Å². The molecule has 30 heavy (non-hydrogen) atoms. The molecule has 0 aliphatic heterocycles. The van der Waals surface area contributed by atoms with Crippen molar-refractivity contribution in [2.24, 2.45) is 0 Å². The zero-order valence-electron chi connectivity index (χ0n) is 16.0. The minimum Gasteiger partial charge on any atom is -0.494 e. The van der Waals surface area contributed by atoms with Crippen LogP contribution in [-0.4, -0.2) is 36.6 Å². The van der Waals surface area contributed by atoms with Gasteiger partial charge in [-0.25, -0.2) is 15.0 Å². The summed E-state index contributed by atoms with van der Waals surface area (Å²) < 4.78 is 13.5. The average Bonchev–Trinajstić information content (AvgIpc) is 3.50. The van der Waals surface area contributed by atoms with E-state index in [1.807, 2.05) is 35.9 Å². The summed E-state index contributed by atoms with van der Waals surface area (Å²) in [5.74, 6) is 1.63. The number of nitrogens with zero attached hydrogens (tertiary/aromatic N) is 6. The summed E-state index contributed by atoms with van der Waals surface area (Å²) in [5.41, 5.74) is 4.86. The highest BCUT2D eigenvalue weighted by atomic mass is 32.1. The number of anilines is 4. The van der Waals surface area contributed by atoms with Crippen LogP contribution in [0.2, 0.25) is 0 Å². The van der Waals surface area contributed by atoms with Crippen molar-refractivity contribution >= 4 is 45.2 Å². The lowest BCUT2D eigenvalue weighted by Gasteiger charge is -2.12. The number of rotatable bonds is 6. The first-order valence-electron chi connectivity index (χ1n) is 8.93. The zero-order chi connectivity index (χ0) is 20.5. The summed E-state index contributed by atoms with van der Waals surface area (Å²) in [4.78, 5) is 21.7. The second kappa shape index (κ2) is 7.44. The van der Waals surface area contributed by atoms with Crippen LogP contribution in [0.1, 0.15) is 5.69 Å². The number of benzene rings is 1. The number of fused-ring (bicyclic) bond motifs is 1. The van der Waals surface area contributed by atoms with E-state index in [0.717, 1.165) is 21.8 Å². The van der Waals surface area contributed by atoms with Gasteiger partial charge in [0.2, 0.25) is 5.95 Å². The minimum absolute atomic E-state index is 0.344. The summed E-state index contributed by atoms with van der Waals surface area (Å²) >= 11 is 1.43. The Hall–Kier alpha value is -3.99. The number of thiazole rings is 1.